The van der Waals surface area contributed by atoms with E-state index in [-0.39, 0.29) is 5.91 Å². The van der Waals surface area contributed by atoms with E-state index in [9.17, 15) is 19.1 Å². The molecule has 6 heteroatoms. The fourth-order valence-electron chi connectivity index (χ4n) is 3.86. The molecule has 1 amide bonds. The number of para-hydroxylation sites is 1. The van der Waals surface area contributed by atoms with Crippen LogP contribution < -0.4 is 5.32 Å². The Labute approximate surface area is 189 Å². The van der Waals surface area contributed by atoms with Crippen LogP contribution in [0.4, 0.5) is 5.69 Å². The molecular weight excluding hydrogens is 421 g/mol. The molecule has 0 fully saturated rings. The molecule has 3 aromatic rings. The molecule has 168 valence electrons. The van der Waals surface area contributed by atoms with Gasteiger partial charge in [0.1, 0.15) is 0 Å². The van der Waals surface area contributed by atoms with E-state index in [2.05, 4.69) is 12.2 Å². The number of nitrogens with one attached hydrogen (secondary N) is 1. The fourth-order valence-corrected chi connectivity index (χ4v) is 4.58. The Kier molecular flexibility index (Phi) is 8.40. The lowest BCUT2D eigenvalue weighted by Crippen LogP contribution is -2.17. The van der Waals surface area contributed by atoms with E-state index in [0.29, 0.717) is 16.8 Å². The molecule has 0 aliphatic heterocycles. The van der Waals surface area contributed by atoms with Crippen LogP contribution in [0.2, 0.25) is 0 Å². The zero-order valence-electron chi connectivity index (χ0n) is 18.3. The third-order valence-electron chi connectivity index (χ3n) is 5.40. The van der Waals surface area contributed by atoms with E-state index >= 15 is 0 Å². The summed E-state index contributed by atoms with van der Waals surface area (Å²) in [6, 6.07) is 22.5. The van der Waals surface area contributed by atoms with Crippen LogP contribution in [0.1, 0.15) is 54.1 Å². The molecule has 0 radical (unpaired) electrons. The van der Waals surface area contributed by atoms with Gasteiger partial charge >= 0.3 is 7.60 Å². The van der Waals surface area contributed by atoms with Gasteiger partial charge in [-0.2, -0.15) is 0 Å². The van der Waals surface area contributed by atoms with Crippen molar-refractivity contribution in [2.75, 3.05) is 5.32 Å². The molecule has 3 aromatic carbocycles. The number of amides is 1. The van der Waals surface area contributed by atoms with Gasteiger partial charge in [0.15, 0.2) is 0 Å². The minimum Gasteiger partial charge on any atom is -0.324 e. The van der Waals surface area contributed by atoms with Crippen molar-refractivity contribution in [3.63, 3.8) is 0 Å². The fraction of sp³-hybridized carbons (Fsp3) is 0.269. The number of benzene rings is 3. The summed E-state index contributed by atoms with van der Waals surface area (Å²) >= 11 is 0. The van der Waals surface area contributed by atoms with Crippen molar-refractivity contribution < 1.29 is 19.1 Å². The van der Waals surface area contributed by atoms with Gasteiger partial charge in [-0.25, -0.2) is 0 Å². The Morgan fingerprint density at radius 1 is 0.844 bits per heavy atom. The van der Waals surface area contributed by atoms with Gasteiger partial charge in [0.25, 0.3) is 5.91 Å². The first-order valence-electron chi connectivity index (χ1n) is 11.0. The van der Waals surface area contributed by atoms with E-state index in [4.69, 9.17) is 0 Å². The molecular formula is C26H30NO4P. The zero-order chi connectivity index (χ0) is 23.0. The summed E-state index contributed by atoms with van der Waals surface area (Å²) < 4.78 is 11.6. The van der Waals surface area contributed by atoms with Gasteiger partial charge in [-0.3, -0.25) is 9.36 Å². The average Bonchev–Trinajstić information content (AvgIpc) is 2.77. The average molecular weight is 452 g/mol. The third kappa shape index (κ3) is 6.64. The maximum absolute atomic E-state index is 13.5. The van der Waals surface area contributed by atoms with Gasteiger partial charge in [0.2, 0.25) is 0 Å². The molecule has 0 saturated heterocycles. The monoisotopic (exact) mass is 451 g/mol. The van der Waals surface area contributed by atoms with Crippen molar-refractivity contribution in [3.05, 3.63) is 89.5 Å². The predicted molar refractivity (Wildman–Crippen MR) is 130 cm³/mol. The number of aryl methyl sites for hydroxylation is 1. The number of anilines is 1. The lowest BCUT2D eigenvalue weighted by molar-refractivity contribution is 0.102. The van der Waals surface area contributed by atoms with Crippen molar-refractivity contribution in [1.29, 1.82) is 0 Å². The van der Waals surface area contributed by atoms with Gasteiger partial charge < -0.3 is 15.1 Å². The molecule has 0 bridgehead atoms. The Bertz CT molecular complexity index is 1090. The summed E-state index contributed by atoms with van der Waals surface area (Å²) in [7, 11) is -4.27. The second kappa shape index (κ2) is 11.2. The van der Waals surface area contributed by atoms with E-state index in [1.54, 1.807) is 24.3 Å². The Morgan fingerprint density at radius 3 is 2.25 bits per heavy atom. The molecule has 0 unspecified atom stereocenters. The molecule has 0 heterocycles. The van der Waals surface area contributed by atoms with E-state index in [1.165, 1.54) is 0 Å². The van der Waals surface area contributed by atoms with Gasteiger partial charge in [0, 0.05) is 5.69 Å². The quantitative estimate of drug-likeness (QED) is 0.246. The SMILES string of the molecule is CCCCCCc1cccc(-c2ccccc2)c1C(=O)Nc1ccccc1CP(=O)(O)O. The van der Waals surface area contributed by atoms with Gasteiger partial charge in [-0.1, -0.05) is 92.9 Å². The highest BCUT2D eigenvalue weighted by Crippen LogP contribution is 2.41. The van der Waals surface area contributed by atoms with Crippen LogP contribution in [0.5, 0.6) is 0 Å². The van der Waals surface area contributed by atoms with Crippen molar-refractivity contribution in [1.82, 2.24) is 0 Å². The number of hydrogen-bond acceptors (Lipinski definition) is 2. The van der Waals surface area contributed by atoms with E-state index in [0.717, 1.165) is 48.8 Å². The largest absolute Gasteiger partial charge is 0.329 e. The Hall–Kier alpha value is -2.72. The topological polar surface area (TPSA) is 86.6 Å². The summed E-state index contributed by atoms with van der Waals surface area (Å²) in [5, 5.41) is 2.92. The van der Waals surface area contributed by atoms with Gasteiger partial charge in [-0.15, -0.1) is 0 Å². The highest BCUT2D eigenvalue weighted by molar-refractivity contribution is 7.50. The molecule has 0 aliphatic rings. The second-order valence-corrected chi connectivity index (χ2v) is 9.60. The van der Waals surface area contributed by atoms with Crippen molar-refractivity contribution in [3.8, 4) is 11.1 Å². The summed E-state index contributed by atoms with van der Waals surface area (Å²) in [4.78, 5) is 32.4. The van der Waals surface area contributed by atoms with Gasteiger partial charge in [-0.05, 0) is 41.2 Å². The van der Waals surface area contributed by atoms with E-state index < -0.39 is 13.8 Å². The molecule has 0 aromatic heterocycles. The lowest BCUT2D eigenvalue weighted by Gasteiger charge is -2.17. The van der Waals surface area contributed by atoms with Gasteiger partial charge in [0.05, 0.1) is 11.7 Å². The van der Waals surface area contributed by atoms with E-state index in [1.807, 2.05) is 48.5 Å². The number of unbranched alkanes of at least 4 members (excludes halogenated alkanes) is 3. The number of carbonyl (C=O) groups is 1. The maximum Gasteiger partial charge on any atom is 0.329 e. The molecule has 0 saturated carbocycles. The summed E-state index contributed by atoms with van der Waals surface area (Å²) in [5.74, 6) is -0.270. The number of carbonyl (C=O) groups excluding carboxylic acids is 1. The van der Waals surface area contributed by atoms with Crippen LogP contribution in [0, 0.1) is 0 Å². The highest BCUT2D eigenvalue weighted by atomic mass is 31.2. The normalized spacial score (nSPS) is 11.3. The zero-order valence-corrected chi connectivity index (χ0v) is 19.2. The number of hydrogen-bond donors (Lipinski definition) is 3. The molecule has 32 heavy (non-hydrogen) atoms. The van der Waals surface area contributed by atoms with Crippen molar-refractivity contribution >= 4 is 19.2 Å². The Balaban J connectivity index is 1.98. The van der Waals surface area contributed by atoms with Crippen LogP contribution in [0.25, 0.3) is 11.1 Å². The lowest BCUT2D eigenvalue weighted by atomic mass is 9.92. The third-order valence-corrected chi connectivity index (χ3v) is 6.16. The molecule has 0 spiro atoms. The van der Waals surface area contributed by atoms with Crippen LogP contribution in [0.3, 0.4) is 0 Å². The summed E-state index contributed by atoms with van der Waals surface area (Å²) in [5.41, 5.74) is 4.23. The van der Waals surface area contributed by atoms with Crippen molar-refractivity contribution in [2.45, 2.75) is 45.2 Å². The summed E-state index contributed by atoms with van der Waals surface area (Å²) in [6.07, 6.45) is 4.80. The molecule has 5 nitrogen and oxygen atoms in total. The van der Waals surface area contributed by atoms with Crippen LogP contribution in [-0.2, 0) is 17.1 Å². The maximum atomic E-state index is 13.5. The van der Waals surface area contributed by atoms with Crippen LogP contribution >= 0.6 is 7.60 Å². The second-order valence-electron chi connectivity index (χ2n) is 7.95. The molecule has 3 N–H and O–H groups in total. The standard InChI is InChI=1S/C26H30NO4P/c1-2-3-4-6-14-21-16-11-17-23(20-12-7-5-8-13-20)25(21)26(28)27-24-18-10-9-15-22(24)19-32(29,30)31/h5,7-13,15-18H,2-4,6,14,19H2,1H3,(H,27,28)(H2,29,30,31). The Morgan fingerprint density at radius 2 is 1.53 bits per heavy atom. The minimum absolute atomic E-state index is 0.270. The molecule has 3 rings (SSSR count). The molecule has 0 atom stereocenters. The van der Waals surface area contributed by atoms with Crippen LogP contribution in [-0.4, -0.2) is 15.7 Å². The minimum atomic E-state index is -4.27. The van der Waals surface area contributed by atoms with Crippen LogP contribution in [0.15, 0.2) is 72.8 Å². The first-order valence-corrected chi connectivity index (χ1v) is 12.8. The highest BCUT2D eigenvalue weighted by Gasteiger charge is 2.21. The molecule has 0 aliphatic carbocycles. The number of rotatable bonds is 10. The first-order chi connectivity index (χ1) is 15.4. The van der Waals surface area contributed by atoms with Crippen molar-refractivity contribution in [2.24, 2.45) is 0 Å². The smallest absolute Gasteiger partial charge is 0.324 e. The predicted octanol–water partition coefficient (Wildman–Crippen LogP) is 6.41. The first kappa shape index (κ1) is 23.9. The summed E-state index contributed by atoms with van der Waals surface area (Å²) in [6.45, 7) is 2.17.